The summed E-state index contributed by atoms with van der Waals surface area (Å²) in [5, 5.41) is 0. The third-order valence-electron chi connectivity index (χ3n) is 3.37. The molecule has 2 aliphatic rings. The molecule has 17 heavy (non-hydrogen) atoms. The highest BCUT2D eigenvalue weighted by Gasteiger charge is 2.05. The highest BCUT2D eigenvalue weighted by atomic mass is 14.7. The molecule has 0 radical (unpaired) electrons. The van der Waals surface area contributed by atoms with Gasteiger partial charge in [0, 0.05) is 24.5 Å². The third-order valence-corrected chi connectivity index (χ3v) is 3.37. The van der Waals surface area contributed by atoms with Crippen LogP contribution in [0.5, 0.6) is 0 Å². The standard InChI is InChI=1S/C8H15N.C7H13N/c1-2-9-8-6-4-3-5-7-8;1-2-8-7-5-3-4-6-7/h2-7H2,1H3;2-6H2,1H3. The first-order chi connectivity index (χ1) is 8.36. The number of rotatable bonds is 2. The van der Waals surface area contributed by atoms with Crippen molar-refractivity contribution >= 4 is 11.4 Å². The van der Waals surface area contributed by atoms with Crippen LogP contribution in [-0.4, -0.2) is 24.5 Å². The van der Waals surface area contributed by atoms with Crippen molar-refractivity contribution in [2.75, 3.05) is 13.1 Å². The maximum absolute atomic E-state index is 4.40. The molecule has 2 fully saturated rings. The van der Waals surface area contributed by atoms with Crippen LogP contribution in [0.1, 0.15) is 71.6 Å². The van der Waals surface area contributed by atoms with Crippen molar-refractivity contribution in [3.05, 3.63) is 0 Å². The highest BCUT2D eigenvalue weighted by Crippen LogP contribution is 2.14. The second-order valence-corrected chi connectivity index (χ2v) is 4.85. The van der Waals surface area contributed by atoms with E-state index in [4.69, 9.17) is 0 Å². The molecule has 0 unspecified atom stereocenters. The average Bonchev–Trinajstić information content (AvgIpc) is 2.85. The smallest absolute Gasteiger partial charge is 0.0360 e. The van der Waals surface area contributed by atoms with Gasteiger partial charge >= 0.3 is 0 Å². The minimum absolute atomic E-state index is 0.981. The summed E-state index contributed by atoms with van der Waals surface area (Å²) in [6.07, 6.45) is 12.0. The molecule has 2 heteroatoms. The predicted octanol–water partition coefficient (Wildman–Crippen LogP) is 4.43. The van der Waals surface area contributed by atoms with E-state index in [9.17, 15) is 0 Å². The summed E-state index contributed by atoms with van der Waals surface area (Å²) in [6.45, 7) is 6.18. The molecule has 0 aromatic carbocycles. The molecule has 0 saturated heterocycles. The zero-order valence-corrected chi connectivity index (χ0v) is 11.7. The van der Waals surface area contributed by atoms with Gasteiger partial charge in [-0.25, -0.2) is 0 Å². The van der Waals surface area contributed by atoms with Crippen LogP contribution in [0.4, 0.5) is 0 Å². The van der Waals surface area contributed by atoms with Gasteiger partial charge in [0.25, 0.3) is 0 Å². The topological polar surface area (TPSA) is 24.7 Å². The van der Waals surface area contributed by atoms with E-state index in [0.717, 1.165) is 13.1 Å². The quantitative estimate of drug-likeness (QED) is 0.677. The van der Waals surface area contributed by atoms with Crippen LogP contribution >= 0.6 is 0 Å². The zero-order valence-electron chi connectivity index (χ0n) is 11.7. The molecule has 0 aliphatic heterocycles. The van der Waals surface area contributed by atoms with E-state index in [0.29, 0.717) is 0 Å². The molecule has 0 atom stereocenters. The van der Waals surface area contributed by atoms with Gasteiger partial charge in [-0.05, 0) is 65.2 Å². The summed E-state index contributed by atoms with van der Waals surface area (Å²) in [5.74, 6) is 0. The molecular weight excluding hydrogens is 208 g/mol. The third kappa shape index (κ3) is 6.60. The lowest BCUT2D eigenvalue weighted by molar-refractivity contribution is 0.664. The lowest BCUT2D eigenvalue weighted by Crippen LogP contribution is -2.04. The van der Waals surface area contributed by atoms with Gasteiger partial charge in [0.2, 0.25) is 0 Å². The Balaban J connectivity index is 0.000000171. The van der Waals surface area contributed by atoms with Gasteiger partial charge in [-0.3, -0.25) is 9.98 Å². The molecule has 0 amide bonds. The van der Waals surface area contributed by atoms with Crippen molar-refractivity contribution in [2.45, 2.75) is 71.6 Å². The Hall–Kier alpha value is -0.660. The molecule has 2 rings (SSSR count). The monoisotopic (exact) mass is 236 g/mol. The molecule has 0 aromatic rings. The normalized spacial score (nSPS) is 19.6. The first-order valence-corrected chi connectivity index (χ1v) is 7.41. The highest BCUT2D eigenvalue weighted by molar-refractivity contribution is 5.86. The SMILES string of the molecule is CCN=C1CCCC1.CCN=C1CCCCC1. The first-order valence-electron chi connectivity index (χ1n) is 7.41. The lowest BCUT2D eigenvalue weighted by atomic mass is 9.99. The largest absolute Gasteiger partial charge is 0.294 e. The lowest BCUT2D eigenvalue weighted by Gasteiger charge is -2.11. The Morgan fingerprint density at radius 1 is 0.647 bits per heavy atom. The number of nitrogens with zero attached hydrogens (tertiary/aromatic N) is 2. The van der Waals surface area contributed by atoms with E-state index in [1.165, 1.54) is 69.2 Å². The fourth-order valence-electron chi connectivity index (χ4n) is 2.51. The summed E-state index contributed by atoms with van der Waals surface area (Å²) >= 11 is 0. The minimum Gasteiger partial charge on any atom is -0.294 e. The second-order valence-electron chi connectivity index (χ2n) is 4.85. The van der Waals surface area contributed by atoms with Gasteiger partial charge in [0.05, 0.1) is 0 Å². The van der Waals surface area contributed by atoms with Gasteiger partial charge < -0.3 is 0 Å². The first kappa shape index (κ1) is 14.4. The van der Waals surface area contributed by atoms with E-state index in [-0.39, 0.29) is 0 Å². The summed E-state index contributed by atoms with van der Waals surface area (Å²) in [4.78, 5) is 8.74. The van der Waals surface area contributed by atoms with Gasteiger partial charge in [0.15, 0.2) is 0 Å². The molecular formula is C15H28N2. The molecule has 0 aromatic heterocycles. The Morgan fingerprint density at radius 2 is 1.00 bits per heavy atom. The van der Waals surface area contributed by atoms with Crippen molar-refractivity contribution in [1.29, 1.82) is 0 Å². The van der Waals surface area contributed by atoms with Crippen molar-refractivity contribution in [1.82, 2.24) is 0 Å². The van der Waals surface area contributed by atoms with Crippen molar-refractivity contribution < 1.29 is 0 Å². The van der Waals surface area contributed by atoms with Crippen LogP contribution in [0.3, 0.4) is 0 Å². The van der Waals surface area contributed by atoms with E-state index in [2.05, 4.69) is 23.8 Å². The van der Waals surface area contributed by atoms with Gasteiger partial charge in [-0.15, -0.1) is 0 Å². The Bertz CT molecular complexity index is 238. The van der Waals surface area contributed by atoms with Crippen molar-refractivity contribution in [3.8, 4) is 0 Å². The van der Waals surface area contributed by atoms with E-state index in [1.807, 2.05) is 0 Å². The molecule has 2 aliphatic carbocycles. The predicted molar refractivity (Wildman–Crippen MR) is 77.5 cm³/mol. The van der Waals surface area contributed by atoms with Crippen LogP contribution in [0.2, 0.25) is 0 Å². The molecule has 0 spiro atoms. The maximum atomic E-state index is 4.40. The van der Waals surface area contributed by atoms with Crippen LogP contribution in [0, 0.1) is 0 Å². The number of hydrogen-bond acceptors (Lipinski definition) is 2. The van der Waals surface area contributed by atoms with E-state index in [1.54, 1.807) is 0 Å². The van der Waals surface area contributed by atoms with Crippen molar-refractivity contribution in [2.24, 2.45) is 9.98 Å². The summed E-state index contributed by atoms with van der Waals surface area (Å²) in [6, 6.07) is 0. The fraction of sp³-hybridized carbons (Fsp3) is 0.867. The van der Waals surface area contributed by atoms with Gasteiger partial charge in [-0.1, -0.05) is 6.42 Å². The molecule has 2 nitrogen and oxygen atoms in total. The molecule has 98 valence electrons. The molecule has 2 saturated carbocycles. The van der Waals surface area contributed by atoms with Gasteiger partial charge in [0.1, 0.15) is 0 Å². The van der Waals surface area contributed by atoms with Crippen LogP contribution in [-0.2, 0) is 0 Å². The fourth-order valence-corrected chi connectivity index (χ4v) is 2.51. The average molecular weight is 236 g/mol. The molecule has 0 heterocycles. The number of aliphatic imine (C=N–C) groups is 2. The summed E-state index contributed by atoms with van der Waals surface area (Å²) in [5.41, 5.74) is 2.91. The van der Waals surface area contributed by atoms with Crippen LogP contribution in [0.25, 0.3) is 0 Å². The van der Waals surface area contributed by atoms with Crippen molar-refractivity contribution in [3.63, 3.8) is 0 Å². The Morgan fingerprint density at radius 3 is 1.35 bits per heavy atom. The number of hydrogen-bond donors (Lipinski definition) is 0. The summed E-state index contributed by atoms with van der Waals surface area (Å²) < 4.78 is 0. The van der Waals surface area contributed by atoms with Gasteiger partial charge in [-0.2, -0.15) is 0 Å². The summed E-state index contributed by atoms with van der Waals surface area (Å²) in [7, 11) is 0. The second kappa shape index (κ2) is 9.38. The maximum Gasteiger partial charge on any atom is 0.0360 e. The molecule has 0 N–H and O–H groups in total. The Kier molecular flexibility index (Phi) is 7.94. The molecule has 0 bridgehead atoms. The van der Waals surface area contributed by atoms with Crippen LogP contribution < -0.4 is 0 Å². The Labute approximate surface area is 107 Å². The zero-order chi connectivity index (χ0) is 12.3. The van der Waals surface area contributed by atoms with Crippen LogP contribution in [0.15, 0.2) is 9.98 Å². The van der Waals surface area contributed by atoms with E-state index < -0.39 is 0 Å². The minimum atomic E-state index is 0.981. The van der Waals surface area contributed by atoms with E-state index >= 15 is 0 Å².